The van der Waals surface area contributed by atoms with Gasteiger partial charge in [0, 0.05) is 12.5 Å². The third kappa shape index (κ3) is 5.33. The van der Waals surface area contributed by atoms with Gasteiger partial charge in [-0.2, -0.15) is 0 Å². The first kappa shape index (κ1) is 24.0. The lowest BCUT2D eigenvalue weighted by molar-refractivity contribution is -0.123. The number of fused-ring (bicyclic) bond motifs is 3. The summed E-state index contributed by atoms with van der Waals surface area (Å²) in [5.74, 6) is -1.87. The fourth-order valence-corrected chi connectivity index (χ4v) is 4.20. The monoisotopic (exact) mass is 478 g/mol. The Morgan fingerprint density at radius 1 is 1.09 bits per heavy atom. The number of benzene rings is 2. The van der Waals surface area contributed by atoms with E-state index in [1.165, 1.54) is 0 Å². The number of hydrogen-bond donors (Lipinski definition) is 3. The summed E-state index contributed by atoms with van der Waals surface area (Å²) in [5.41, 5.74) is 4.14. The van der Waals surface area contributed by atoms with E-state index in [0.29, 0.717) is 0 Å². The first-order valence-electron chi connectivity index (χ1n) is 11.0. The Hall–Kier alpha value is -4.18. The number of aromatic nitrogens is 1. The van der Waals surface area contributed by atoms with E-state index in [1.807, 2.05) is 36.4 Å². The van der Waals surface area contributed by atoms with Crippen molar-refractivity contribution in [1.82, 2.24) is 20.5 Å². The highest BCUT2D eigenvalue weighted by Gasteiger charge is 2.30. The second-order valence-electron chi connectivity index (χ2n) is 8.43. The van der Waals surface area contributed by atoms with Gasteiger partial charge < -0.3 is 29.8 Å². The Labute approximate surface area is 201 Å². The summed E-state index contributed by atoms with van der Waals surface area (Å²) in [6, 6.07) is 15.1. The molecule has 1 unspecified atom stereocenters. The standard InChI is InChI=1S/C25H26N4O6/c1-29(2)12-20(23(30)26-11-21-22(24(31)32)27-14-35-21)28-25(33)34-13-19-17-9-5-3-7-15(17)16-8-4-6-10-18(16)19/h3-10,14,19-20H,11-13H2,1-2H3,(H,26,30)(H,28,33)(H,31,32). The number of oxazole rings is 1. The normalized spacial score (nSPS) is 13.1. The van der Waals surface area contributed by atoms with Crippen molar-refractivity contribution in [3.8, 4) is 11.1 Å². The molecule has 0 bridgehead atoms. The molecule has 0 aliphatic heterocycles. The minimum atomic E-state index is -1.26. The van der Waals surface area contributed by atoms with Crippen molar-refractivity contribution in [1.29, 1.82) is 0 Å². The summed E-state index contributed by atoms with van der Waals surface area (Å²) in [4.78, 5) is 41.9. The van der Waals surface area contributed by atoms with E-state index >= 15 is 0 Å². The van der Waals surface area contributed by atoms with Crippen LogP contribution in [-0.4, -0.2) is 66.2 Å². The van der Waals surface area contributed by atoms with Crippen molar-refractivity contribution in [2.75, 3.05) is 27.2 Å². The fraction of sp³-hybridized carbons (Fsp3) is 0.280. The lowest BCUT2D eigenvalue weighted by Crippen LogP contribution is -2.51. The van der Waals surface area contributed by atoms with Crippen molar-refractivity contribution in [2.45, 2.75) is 18.5 Å². The Kier molecular flexibility index (Phi) is 7.11. The maximum atomic E-state index is 12.8. The Morgan fingerprint density at radius 3 is 2.31 bits per heavy atom. The number of carbonyl (C=O) groups excluding carboxylic acids is 2. The van der Waals surface area contributed by atoms with Crippen LogP contribution in [0.1, 0.15) is 33.3 Å². The fourth-order valence-electron chi connectivity index (χ4n) is 4.20. The predicted molar refractivity (Wildman–Crippen MR) is 126 cm³/mol. The van der Waals surface area contributed by atoms with Crippen LogP contribution in [0.3, 0.4) is 0 Å². The van der Waals surface area contributed by atoms with E-state index < -0.39 is 24.0 Å². The van der Waals surface area contributed by atoms with E-state index in [0.717, 1.165) is 28.6 Å². The number of aromatic carboxylic acids is 1. The van der Waals surface area contributed by atoms with Crippen LogP contribution in [0, 0.1) is 0 Å². The molecule has 182 valence electrons. The molecule has 0 spiro atoms. The number of nitrogens with zero attached hydrogens (tertiary/aromatic N) is 2. The highest BCUT2D eigenvalue weighted by molar-refractivity contribution is 5.88. The van der Waals surface area contributed by atoms with Gasteiger partial charge in [-0.3, -0.25) is 4.79 Å². The zero-order chi connectivity index (χ0) is 24.9. The van der Waals surface area contributed by atoms with E-state index in [1.54, 1.807) is 19.0 Å². The molecule has 4 rings (SSSR count). The van der Waals surface area contributed by atoms with E-state index in [9.17, 15) is 14.4 Å². The molecule has 0 radical (unpaired) electrons. The minimum Gasteiger partial charge on any atom is -0.476 e. The van der Waals surface area contributed by atoms with Gasteiger partial charge in [0.2, 0.25) is 5.91 Å². The zero-order valence-electron chi connectivity index (χ0n) is 19.4. The highest BCUT2D eigenvalue weighted by atomic mass is 16.5. The molecule has 3 N–H and O–H groups in total. The molecule has 1 atom stereocenters. The van der Waals surface area contributed by atoms with Crippen LogP contribution in [0.4, 0.5) is 4.79 Å². The molecule has 10 heteroatoms. The second-order valence-corrected chi connectivity index (χ2v) is 8.43. The summed E-state index contributed by atoms with van der Waals surface area (Å²) in [7, 11) is 3.53. The molecule has 1 aromatic heterocycles. The van der Waals surface area contributed by atoms with E-state index in [4.69, 9.17) is 14.3 Å². The Morgan fingerprint density at radius 2 is 1.71 bits per heavy atom. The molecule has 0 saturated carbocycles. The summed E-state index contributed by atoms with van der Waals surface area (Å²) in [6.45, 7) is 0.144. The summed E-state index contributed by atoms with van der Waals surface area (Å²) in [6.07, 6.45) is 0.275. The molecule has 3 aromatic rings. The molecule has 1 heterocycles. The van der Waals surface area contributed by atoms with Crippen LogP contribution >= 0.6 is 0 Å². The van der Waals surface area contributed by atoms with Gasteiger partial charge in [-0.25, -0.2) is 14.6 Å². The number of carboxylic acids is 1. The number of rotatable bonds is 9. The molecule has 1 aliphatic carbocycles. The van der Waals surface area contributed by atoms with Gasteiger partial charge in [0.05, 0.1) is 6.54 Å². The van der Waals surface area contributed by atoms with Gasteiger partial charge in [-0.1, -0.05) is 48.5 Å². The largest absolute Gasteiger partial charge is 0.476 e. The topological polar surface area (TPSA) is 134 Å². The van der Waals surface area contributed by atoms with Crippen molar-refractivity contribution >= 4 is 18.0 Å². The van der Waals surface area contributed by atoms with Crippen molar-refractivity contribution < 1.29 is 28.6 Å². The third-order valence-corrected chi connectivity index (χ3v) is 5.77. The number of hydrogen-bond acceptors (Lipinski definition) is 7. The molecular formula is C25H26N4O6. The summed E-state index contributed by atoms with van der Waals surface area (Å²) >= 11 is 0. The zero-order valence-corrected chi connectivity index (χ0v) is 19.4. The van der Waals surface area contributed by atoms with Gasteiger partial charge in [-0.05, 0) is 36.3 Å². The maximum Gasteiger partial charge on any atom is 0.407 e. The average Bonchev–Trinajstić information content (AvgIpc) is 3.43. The van der Waals surface area contributed by atoms with Gasteiger partial charge in [-0.15, -0.1) is 0 Å². The molecule has 35 heavy (non-hydrogen) atoms. The summed E-state index contributed by atoms with van der Waals surface area (Å²) in [5, 5.41) is 14.3. The van der Waals surface area contributed by atoms with Crippen LogP contribution in [-0.2, 0) is 16.1 Å². The van der Waals surface area contributed by atoms with Crippen LogP contribution in [0.15, 0.2) is 59.3 Å². The van der Waals surface area contributed by atoms with E-state index in [-0.39, 0.29) is 37.1 Å². The van der Waals surface area contributed by atoms with Gasteiger partial charge in [0.25, 0.3) is 0 Å². The second kappa shape index (κ2) is 10.4. The number of amides is 2. The van der Waals surface area contributed by atoms with Gasteiger partial charge in [0.1, 0.15) is 12.6 Å². The first-order chi connectivity index (χ1) is 16.8. The Balaban J connectivity index is 1.39. The van der Waals surface area contributed by atoms with Crippen LogP contribution in [0.2, 0.25) is 0 Å². The molecule has 1 aliphatic rings. The number of ether oxygens (including phenoxy) is 1. The number of carboxylic acid groups (broad SMARTS) is 1. The minimum absolute atomic E-state index is 0.00981. The van der Waals surface area contributed by atoms with Crippen molar-refractivity contribution in [3.63, 3.8) is 0 Å². The average molecular weight is 479 g/mol. The number of likely N-dealkylation sites (N-methyl/N-ethyl adjacent to an activating group) is 1. The van der Waals surface area contributed by atoms with Crippen LogP contribution in [0.5, 0.6) is 0 Å². The molecule has 0 saturated heterocycles. The lowest BCUT2D eigenvalue weighted by atomic mass is 9.98. The van der Waals surface area contributed by atoms with E-state index in [2.05, 4.69) is 27.8 Å². The Bertz CT molecular complexity index is 1190. The molecular weight excluding hydrogens is 452 g/mol. The third-order valence-electron chi connectivity index (χ3n) is 5.77. The van der Waals surface area contributed by atoms with Gasteiger partial charge in [0.15, 0.2) is 17.8 Å². The number of nitrogens with one attached hydrogen (secondary N) is 2. The van der Waals surface area contributed by atoms with Crippen molar-refractivity contribution in [3.05, 3.63) is 77.5 Å². The van der Waals surface area contributed by atoms with Crippen LogP contribution < -0.4 is 10.6 Å². The highest BCUT2D eigenvalue weighted by Crippen LogP contribution is 2.44. The lowest BCUT2D eigenvalue weighted by Gasteiger charge is -2.22. The maximum absolute atomic E-state index is 12.8. The predicted octanol–water partition coefficient (Wildman–Crippen LogP) is 2.46. The smallest absolute Gasteiger partial charge is 0.407 e. The molecule has 2 amide bonds. The SMILES string of the molecule is CN(C)CC(NC(=O)OCC1c2ccccc2-c2ccccc21)C(=O)NCc1ocnc1C(=O)O. The quantitative estimate of drug-likeness (QED) is 0.427. The molecule has 2 aromatic carbocycles. The first-order valence-corrected chi connectivity index (χ1v) is 11.0. The molecule has 0 fully saturated rings. The van der Waals surface area contributed by atoms with Crippen LogP contribution in [0.25, 0.3) is 11.1 Å². The summed E-state index contributed by atoms with van der Waals surface area (Å²) < 4.78 is 10.6. The number of carbonyl (C=O) groups is 3. The number of alkyl carbamates (subject to hydrolysis) is 1. The van der Waals surface area contributed by atoms with Gasteiger partial charge >= 0.3 is 12.1 Å². The molecule has 10 nitrogen and oxygen atoms in total. The van der Waals surface area contributed by atoms with Crippen molar-refractivity contribution in [2.24, 2.45) is 0 Å².